The number of pyridine rings is 1. The molecule has 1 heterocycles. The third kappa shape index (κ3) is 2.51. The van der Waals surface area contributed by atoms with Crippen molar-refractivity contribution in [3.05, 3.63) is 24.0 Å². The zero-order chi connectivity index (χ0) is 13.4. The SMILES string of the molecule is CC(C)Oc1cncc(C(=O)C2C3CCCCC32)c1. The van der Waals surface area contributed by atoms with E-state index in [4.69, 9.17) is 4.74 Å². The molecule has 2 unspecified atom stereocenters. The summed E-state index contributed by atoms with van der Waals surface area (Å²) < 4.78 is 5.61. The summed E-state index contributed by atoms with van der Waals surface area (Å²) in [6.45, 7) is 3.95. The van der Waals surface area contributed by atoms with Gasteiger partial charge in [0.05, 0.1) is 12.3 Å². The summed E-state index contributed by atoms with van der Waals surface area (Å²) in [5, 5.41) is 0. The molecule has 3 nitrogen and oxygen atoms in total. The third-order valence-corrected chi connectivity index (χ3v) is 4.33. The van der Waals surface area contributed by atoms with E-state index in [0.29, 0.717) is 17.6 Å². The van der Waals surface area contributed by atoms with E-state index in [9.17, 15) is 4.79 Å². The van der Waals surface area contributed by atoms with Crippen molar-refractivity contribution in [3.8, 4) is 5.75 Å². The monoisotopic (exact) mass is 259 g/mol. The first-order valence-electron chi connectivity index (χ1n) is 7.32. The summed E-state index contributed by atoms with van der Waals surface area (Å²) in [5.41, 5.74) is 0.720. The fourth-order valence-corrected chi connectivity index (χ4v) is 3.46. The Morgan fingerprint density at radius 2 is 1.95 bits per heavy atom. The maximum atomic E-state index is 12.5. The number of rotatable bonds is 4. The molecule has 2 saturated carbocycles. The number of hydrogen-bond acceptors (Lipinski definition) is 3. The molecular formula is C16H21NO2. The minimum absolute atomic E-state index is 0.107. The molecule has 0 spiro atoms. The zero-order valence-corrected chi connectivity index (χ0v) is 11.6. The number of fused-ring (bicyclic) bond motifs is 1. The van der Waals surface area contributed by atoms with Gasteiger partial charge in [0.15, 0.2) is 5.78 Å². The molecule has 0 amide bonds. The van der Waals surface area contributed by atoms with Crippen molar-refractivity contribution < 1.29 is 9.53 Å². The number of carbonyl (C=O) groups is 1. The van der Waals surface area contributed by atoms with Crippen LogP contribution in [-0.4, -0.2) is 16.9 Å². The number of aromatic nitrogens is 1. The fourth-order valence-electron chi connectivity index (χ4n) is 3.46. The van der Waals surface area contributed by atoms with Gasteiger partial charge in [-0.25, -0.2) is 0 Å². The van der Waals surface area contributed by atoms with Crippen LogP contribution in [0.2, 0.25) is 0 Å². The highest BCUT2D eigenvalue weighted by Gasteiger charge is 2.54. The Bertz CT molecular complexity index is 471. The van der Waals surface area contributed by atoms with Crippen LogP contribution in [0.4, 0.5) is 0 Å². The van der Waals surface area contributed by atoms with E-state index in [1.165, 1.54) is 25.7 Å². The van der Waals surface area contributed by atoms with E-state index < -0.39 is 0 Å². The van der Waals surface area contributed by atoms with Crippen LogP contribution in [0.5, 0.6) is 5.75 Å². The van der Waals surface area contributed by atoms with E-state index in [1.807, 2.05) is 19.9 Å². The van der Waals surface area contributed by atoms with Crippen LogP contribution in [0, 0.1) is 17.8 Å². The van der Waals surface area contributed by atoms with Crippen LogP contribution in [-0.2, 0) is 0 Å². The first kappa shape index (κ1) is 12.6. The first-order chi connectivity index (χ1) is 9.16. The highest BCUT2D eigenvalue weighted by Crippen LogP contribution is 2.56. The summed E-state index contributed by atoms with van der Waals surface area (Å²) in [4.78, 5) is 16.7. The second-order valence-electron chi connectivity index (χ2n) is 6.08. The van der Waals surface area contributed by atoms with Crippen molar-refractivity contribution >= 4 is 5.78 Å². The highest BCUT2D eigenvalue weighted by atomic mass is 16.5. The topological polar surface area (TPSA) is 39.2 Å². The van der Waals surface area contributed by atoms with E-state index in [-0.39, 0.29) is 17.8 Å². The van der Waals surface area contributed by atoms with Gasteiger partial charge in [0, 0.05) is 17.7 Å². The van der Waals surface area contributed by atoms with Crippen LogP contribution < -0.4 is 4.74 Å². The average Bonchev–Trinajstić information content (AvgIpc) is 3.11. The molecule has 0 aromatic carbocycles. The Kier molecular flexibility index (Phi) is 3.29. The van der Waals surface area contributed by atoms with Gasteiger partial charge in [-0.3, -0.25) is 9.78 Å². The molecule has 2 fully saturated rings. The third-order valence-electron chi connectivity index (χ3n) is 4.33. The molecule has 0 bridgehead atoms. The van der Waals surface area contributed by atoms with Crippen molar-refractivity contribution in [2.45, 2.75) is 45.6 Å². The number of Topliss-reactive ketones (excluding diaryl/α,β-unsaturated/α-hetero) is 1. The minimum atomic E-state index is 0.107. The molecule has 0 N–H and O–H groups in total. The van der Waals surface area contributed by atoms with Crippen LogP contribution in [0.25, 0.3) is 0 Å². The molecule has 1 aromatic heterocycles. The Hall–Kier alpha value is -1.38. The predicted octanol–water partition coefficient (Wildman–Crippen LogP) is 3.49. The highest BCUT2D eigenvalue weighted by molar-refractivity contribution is 6.00. The standard InChI is InChI=1S/C16H21NO2/c1-10(2)19-12-7-11(8-17-9-12)16(18)15-13-5-3-4-6-14(13)15/h7-10,13-15H,3-6H2,1-2H3. The van der Waals surface area contributed by atoms with E-state index >= 15 is 0 Å². The molecule has 102 valence electrons. The second-order valence-corrected chi connectivity index (χ2v) is 6.08. The maximum Gasteiger partial charge on any atom is 0.168 e. The number of ketones is 1. The predicted molar refractivity (Wildman–Crippen MR) is 73.3 cm³/mol. The Morgan fingerprint density at radius 3 is 2.58 bits per heavy atom. The van der Waals surface area contributed by atoms with Gasteiger partial charge in [-0.05, 0) is 44.6 Å². The van der Waals surface area contributed by atoms with E-state index in [2.05, 4.69) is 4.98 Å². The van der Waals surface area contributed by atoms with Crippen molar-refractivity contribution in [1.29, 1.82) is 0 Å². The molecule has 2 aliphatic rings. The van der Waals surface area contributed by atoms with Gasteiger partial charge in [0.25, 0.3) is 0 Å². The quantitative estimate of drug-likeness (QED) is 0.777. The molecule has 3 heteroatoms. The van der Waals surface area contributed by atoms with Crippen molar-refractivity contribution in [2.24, 2.45) is 17.8 Å². The van der Waals surface area contributed by atoms with Gasteiger partial charge in [0.2, 0.25) is 0 Å². The van der Waals surface area contributed by atoms with Crippen molar-refractivity contribution in [1.82, 2.24) is 4.98 Å². The normalized spacial score (nSPS) is 28.9. The number of nitrogens with zero attached hydrogens (tertiary/aromatic N) is 1. The molecular weight excluding hydrogens is 238 g/mol. The van der Waals surface area contributed by atoms with Gasteiger partial charge < -0.3 is 4.74 Å². The lowest BCUT2D eigenvalue weighted by Crippen LogP contribution is -2.09. The lowest BCUT2D eigenvalue weighted by molar-refractivity contribution is 0.0955. The van der Waals surface area contributed by atoms with Gasteiger partial charge in [-0.15, -0.1) is 0 Å². The van der Waals surface area contributed by atoms with Crippen molar-refractivity contribution in [3.63, 3.8) is 0 Å². The maximum absolute atomic E-state index is 12.5. The molecule has 1 aromatic rings. The molecule has 0 aliphatic heterocycles. The molecule has 19 heavy (non-hydrogen) atoms. The number of carbonyl (C=O) groups excluding carboxylic acids is 1. The Morgan fingerprint density at radius 1 is 1.26 bits per heavy atom. The Labute approximate surface area is 114 Å². The second kappa shape index (κ2) is 4.95. The van der Waals surface area contributed by atoms with Gasteiger partial charge >= 0.3 is 0 Å². The summed E-state index contributed by atoms with van der Waals surface area (Å²) >= 11 is 0. The Balaban J connectivity index is 1.73. The van der Waals surface area contributed by atoms with Gasteiger partial charge in [0.1, 0.15) is 5.75 Å². The zero-order valence-electron chi connectivity index (χ0n) is 11.6. The number of ether oxygens (including phenoxy) is 1. The summed E-state index contributed by atoms with van der Waals surface area (Å²) in [6.07, 6.45) is 8.51. The van der Waals surface area contributed by atoms with E-state index in [1.54, 1.807) is 12.4 Å². The molecule has 2 aliphatic carbocycles. The van der Waals surface area contributed by atoms with Crippen LogP contribution in [0.3, 0.4) is 0 Å². The fraction of sp³-hybridized carbons (Fsp3) is 0.625. The lowest BCUT2D eigenvalue weighted by Gasteiger charge is -2.09. The van der Waals surface area contributed by atoms with Gasteiger partial charge in [-0.2, -0.15) is 0 Å². The minimum Gasteiger partial charge on any atom is -0.489 e. The van der Waals surface area contributed by atoms with Crippen LogP contribution >= 0.6 is 0 Å². The number of hydrogen-bond donors (Lipinski definition) is 0. The molecule has 0 saturated heterocycles. The largest absolute Gasteiger partial charge is 0.489 e. The van der Waals surface area contributed by atoms with Crippen molar-refractivity contribution in [2.75, 3.05) is 0 Å². The van der Waals surface area contributed by atoms with Crippen LogP contribution in [0.1, 0.15) is 49.9 Å². The average molecular weight is 259 g/mol. The molecule has 0 radical (unpaired) electrons. The van der Waals surface area contributed by atoms with Crippen LogP contribution in [0.15, 0.2) is 18.5 Å². The summed E-state index contributed by atoms with van der Waals surface area (Å²) in [7, 11) is 0. The molecule has 2 atom stereocenters. The van der Waals surface area contributed by atoms with Gasteiger partial charge in [-0.1, -0.05) is 12.8 Å². The lowest BCUT2D eigenvalue weighted by atomic mass is 10.0. The first-order valence-corrected chi connectivity index (χ1v) is 7.32. The summed E-state index contributed by atoms with van der Waals surface area (Å²) in [6, 6.07) is 1.85. The van der Waals surface area contributed by atoms with E-state index in [0.717, 1.165) is 5.56 Å². The summed E-state index contributed by atoms with van der Waals surface area (Å²) in [5.74, 6) is 2.54. The smallest absolute Gasteiger partial charge is 0.168 e. The molecule has 3 rings (SSSR count).